The van der Waals surface area contributed by atoms with Crippen LogP contribution in [0.2, 0.25) is 0 Å². The molecule has 172 valence electrons. The predicted molar refractivity (Wildman–Crippen MR) is 131 cm³/mol. The van der Waals surface area contributed by atoms with Crippen molar-refractivity contribution in [1.82, 2.24) is 19.7 Å². The first-order chi connectivity index (χ1) is 13.9. The van der Waals surface area contributed by atoms with E-state index in [-0.39, 0.29) is 42.3 Å². The van der Waals surface area contributed by atoms with Crippen molar-refractivity contribution < 1.29 is 4.79 Å². The molecule has 0 aliphatic carbocycles. The third kappa shape index (κ3) is 6.56. The summed E-state index contributed by atoms with van der Waals surface area (Å²) < 4.78 is 1.76. The van der Waals surface area contributed by atoms with E-state index in [9.17, 15) is 9.59 Å². The zero-order valence-corrected chi connectivity index (χ0v) is 20.4. The third-order valence-electron chi connectivity index (χ3n) is 5.60. The smallest absolute Gasteiger partial charge is 0.263 e. The molecule has 31 heavy (non-hydrogen) atoms. The van der Waals surface area contributed by atoms with Crippen molar-refractivity contribution in [3.8, 4) is 0 Å². The highest BCUT2D eigenvalue weighted by Crippen LogP contribution is 2.19. The normalized spacial score (nSPS) is 14.0. The second-order valence-electron chi connectivity index (χ2n) is 8.24. The molecule has 1 aliphatic heterocycles. The Balaban J connectivity index is 0.00000240. The number of nitrogens with one attached hydrogen (secondary N) is 1. The molecule has 0 bridgehead atoms. The van der Waals surface area contributed by atoms with E-state index in [4.69, 9.17) is 0 Å². The van der Waals surface area contributed by atoms with Crippen molar-refractivity contribution in [3.63, 3.8) is 0 Å². The van der Waals surface area contributed by atoms with Gasteiger partial charge >= 0.3 is 0 Å². The van der Waals surface area contributed by atoms with Crippen molar-refractivity contribution in [2.45, 2.75) is 38.9 Å². The second kappa shape index (κ2) is 12.2. The Morgan fingerprint density at radius 2 is 1.61 bits per heavy atom. The lowest BCUT2D eigenvalue weighted by Gasteiger charge is -2.26. The van der Waals surface area contributed by atoms with Gasteiger partial charge in [-0.1, -0.05) is 24.3 Å². The first-order valence-electron chi connectivity index (χ1n) is 10.3. The molecule has 2 aromatic rings. The standard InChI is InChI=1S/C23H32N4O2.2ClH/c1-17-11-14-27(20-9-12-24-13-10-20)23(29)21(17)22(28)26(4)16-19-8-6-5-7-18(19)15-25(2)3;;/h5-8,11,14,20,24H,9-10,12-13,15-16H2,1-4H3;2*1H. The molecule has 6 nitrogen and oxygen atoms in total. The highest BCUT2D eigenvalue weighted by atomic mass is 35.5. The van der Waals surface area contributed by atoms with Gasteiger partial charge in [0.2, 0.25) is 0 Å². The van der Waals surface area contributed by atoms with E-state index >= 15 is 0 Å². The molecular weight excluding hydrogens is 435 g/mol. The van der Waals surface area contributed by atoms with E-state index in [1.807, 2.05) is 51.5 Å². The van der Waals surface area contributed by atoms with Crippen LogP contribution in [0, 0.1) is 6.92 Å². The average molecular weight is 469 g/mol. The van der Waals surface area contributed by atoms with Crippen LogP contribution in [0.25, 0.3) is 0 Å². The topological polar surface area (TPSA) is 57.6 Å². The second-order valence-corrected chi connectivity index (χ2v) is 8.24. The van der Waals surface area contributed by atoms with E-state index < -0.39 is 0 Å². The minimum absolute atomic E-state index is 0. The molecule has 1 fully saturated rings. The summed E-state index contributed by atoms with van der Waals surface area (Å²) in [5, 5.41) is 3.32. The quantitative estimate of drug-likeness (QED) is 0.706. The molecule has 2 heterocycles. The fraction of sp³-hybridized carbons (Fsp3) is 0.478. The van der Waals surface area contributed by atoms with Crippen LogP contribution in [-0.4, -0.2) is 54.5 Å². The predicted octanol–water partition coefficient (Wildman–Crippen LogP) is 3.26. The van der Waals surface area contributed by atoms with Crippen molar-refractivity contribution in [3.05, 3.63) is 69.1 Å². The van der Waals surface area contributed by atoms with E-state index in [2.05, 4.69) is 16.3 Å². The number of hydrogen-bond acceptors (Lipinski definition) is 4. The third-order valence-corrected chi connectivity index (χ3v) is 5.60. The average Bonchev–Trinajstić information content (AvgIpc) is 2.69. The van der Waals surface area contributed by atoms with Gasteiger partial charge in [-0.3, -0.25) is 9.59 Å². The van der Waals surface area contributed by atoms with Crippen molar-refractivity contribution in [2.24, 2.45) is 0 Å². The maximum absolute atomic E-state index is 13.2. The number of amides is 1. The number of hydrogen-bond donors (Lipinski definition) is 1. The molecule has 0 spiro atoms. The van der Waals surface area contributed by atoms with Gasteiger partial charge in [-0.15, -0.1) is 24.8 Å². The number of carbonyl (C=O) groups is 1. The summed E-state index contributed by atoms with van der Waals surface area (Å²) in [5.41, 5.74) is 3.14. The number of aryl methyl sites for hydroxylation is 1. The molecule has 8 heteroatoms. The molecule has 1 aromatic heterocycles. The summed E-state index contributed by atoms with van der Waals surface area (Å²) in [7, 11) is 5.83. The van der Waals surface area contributed by atoms with Crippen molar-refractivity contribution in [1.29, 1.82) is 0 Å². The van der Waals surface area contributed by atoms with Gasteiger partial charge in [0.1, 0.15) is 5.56 Å². The van der Waals surface area contributed by atoms with E-state index in [0.717, 1.165) is 43.6 Å². The summed E-state index contributed by atoms with van der Waals surface area (Å²) in [4.78, 5) is 30.2. The van der Waals surface area contributed by atoms with Crippen LogP contribution in [0.5, 0.6) is 0 Å². The highest BCUT2D eigenvalue weighted by Gasteiger charge is 2.23. The Morgan fingerprint density at radius 1 is 1.03 bits per heavy atom. The van der Waals surface area contributed by atoms with Gasteiger partial charge < -0.3 is 19.7 Å². The van der Waals surface area contributed by atoms with Gasteiger partial charge in [-0.05, 0) is 69.7 Å². The molecule has 0 radical (unpaired) electrons. The zero-order chi connectivity index (χ0) is 21.0. The summed E-state index contributed by atoms with van der Waals surface area (Å²) >= 11 is 0. The lowest BCUT2D eigenvalue weighted by Crippen LogP contribution is -2.39. The Morgan fingerprint density at radius 3 is 2.19 bits per heavy atom. The van der Waals surface area contributed by atoms with Crippen LogP contribution >= 0.6 is 24.8 Å². The first kappa shape index (κ1) is 27.2. The van der Waals surface area contributed by atoms with Crippen LogP contribution in [-0.2, 0) is 13.1 Å². The van der Waals surface area contributed by atoms with Crippen LogP contribution in [0.3, 0.4) is 0 Å². The maximum Gasteiger partial charge on any atom is 0.263 e. The molecule has 1 aromatic carbocycles. The van der Waals surface area contributed by atoms with Gasteiger partial charge in [-0.2, -0.15) is 0 Å². The van der Waals surface area contributed by atoms with Gasteiger partial charge in [0, 0.05) is 32.4 Å². The molecule has 1 N–H and O–H groups in total. The Bertz CT molecular complexity index is 924. The van der Waals surface area contributed by atoms with Crippen molar-refractivity contribution in [2.75, 3.05) is 34.2 Å². The molecular formula is C23H34Cl2N4O2. The fourth-order valence-corrected chi connectivity index (χ4v) is 4.00. The number of benzene rings is 1. The SMILES string of the molecule is Cc1ccn(C2CCNCC2)c(=O)c1C(=O)N(C)Cc1ccccc1CN(C)C.Cl.Cl. The Hall–Kier alpha value is -1.86. The first-order valence-corrected chi connectivity index (χ1v) is 10.3. The lowest BCUT2D eigenvalue weighted by atomic mass is 10.0. The number of rotatable bonds is 6. The van der Waals surface area contributed by atoms with E-state index in [1.165, 1.54) is 5.56 Å². The van der Waals surface area contributed by atoms with E-state index in [0.29, 0.717) is 12.1 Å². The zero-order valence-electron chi connectivity index (χ0n) is 18.8. The molecule has 1 amide bonds. The van der Waals surface area contributed by atoms with Gasteiger partial charge in [0.05, 0.1) is 0 Å². The maximum atomic E-state index is 13.2. The van der Waals surface area contributed by atoms with Crippen LogP contribution < -0.4 is 10.9 Å². The number of piperidine rings is 1. The van der Waals surface area contributed by atoms with Gasteiger partial charge in [0.25, 0.3) is 11.5 Å². The van der Waals surface area contributed by atoms with Crippen molar-refractivity contribution >= 4 is 30.7 Å². The Kier molecular flexibility index (Phi) is 10.7. The monoisotopic (exact) mass is 468 g/mol. The summed E-state index contributed by atoms with van der Waals surface area (Å²) in [6.07, 6.45) is 3.66. The number of pyridine rings is 1. The molecule has 1 saturated heterocycles. The number of nitrogens with zero attached hydrogens (tertiary/aromatic N) is 3. The van der Waals surface area contributed by atoms with Gasteiger partial charge in [-0.25, -0.2) is 0 Å². The number of carbonyl (C=O) groups excluding carboxylic acids is 1. The minimum Gasteiger partial charge on any atom is -0.337 e. The molecule has 1 aliphatic rings. The minimum atomic E-state index is -0.213. The summed E-state index contributed by atoms with van der Waals surface area (Å²) in [6, 6.07) is 10.2. The number of halogens is 2. The number of aromatic nitrogens is 1. The fourth-order valence-electron chi connectivity index (χ4n) is 4.00. The molecule has 3 rings (SSSR count). The molecule has 0 saturated carbocycles. The van der Waals surface area contributed by atoms with Gasteiger partial charge in [0.15, 0.2) is 0 Å². The van der Waals surface area contributed by atoms with Crippen LogP contribution in [0.15, 0.2) is 41.3 Å². The van der Waals surface area contributed by atoms with Crippen LogP contribution in [0.4, 0.5) is 0 Å². The van der Waals surface area contributed by atoms with Crippen LogP contribution in [0.1, 0.15) is 45.9 Å². The molecule has 0 unspecified atom stereocenters. The summed E-state index contributed by atoms with van der Waals surface area (Å²) in [5.74, 6) is -0.213. The highest BCUT2D eigenvalue weighted by molar-refractivity contribution is 5.95. The molecule has 0 atom stereocenters. The summed E-state index contributed by atoms with van der Waals surface area (Å²) in [6.45, 7) is 4.93. The lowest BCUT2D eigenvalue weighted by molar-refractivity contribution is 0.0781. The largest absolute Gasteiger partial charge is 0.337 e. The Labute approximate surface area is 197 Å². The van der Waals surface area contributed by atoms with E-state index in [1.54, 1.807) is 16.5 Å².